The van der Waals surface area contributed by atoms with Gasteiger partial charge in [0, 0.05) is 17.4 Å². The molecule has 2 aromatic rings. The number of nitrogens with one attached hydrogen (secondary N) is 2. The predicted octanol–water partition coefficient (Wildman–Crippen LogP) is 4.71. The van der Waals surface area contributed by atoms with Crippen molar-refractivity contribution in [3.63, 3.8) is 0 Å². The second-order valence-electron chi connectivity index (χ2n) is 6.44. The normalized spacial score (nSPS) is 11.4. The van der Waals surface area contributed by atoms with E-state index in [-0.39, 0.29) is 5.91 Å². The number of hydrogen-bond donors (Lipinski definition) is 2. The summed E-state index contributed by atoms with van der Waals surface area (Å²) in [6.45, 7) is 7.17. The Morgan fingerprint density at radius 2 is 1.54 bits per heavy atom. The summed E-state index contributed by atoms with van der Waals surface area (Å²) in [5.74, 6) is 2.01. The highest BCUT2D eigenvalue weighted by Crippen LogP contribution is 2.31. The van der Waals surface area contributed by atoms with Crippen LogP contribution in [-0.4, -0.2) is 32.3 Å². The molecule has 0 bridgehead atoms. The van der Waals surface area contributed by atoms with Gasteiger partial charge in [0.05, 0.1) is 20.3 Å². The minimum absolute atomic E-state index is 0.132. The van der Waals surface area contributed by atoms with Gasteiger partial charge in [0.1, 0.15) is 11.8 Å². The Labute approximate surface area is 167 Å². The molecular weight excluding hydrogens is 356 g/mol. The van der Waals surface area contributed by atoms with Crippen molar-refractivity contribution in [3.05, 3.63) is 42.5 Å². The number of carbonyl (C=O) groups excluding carboxylic acids is 1. The molecular formula is C22H30N2O4. The molecule has 2 rings (SSSR count). The van der Waals surface area contributed by atoms with E-state index < -0.39 is 6.04 Å². The quantitative estimate of drug-likeness (QED) is 0.585. The maximum atomic E-state index is 12.5. The SMILES string of the molecule is CCCOc1ccc(NC(C)C(=O)Nc2ccc(OC)cc2)cc1OCCC. The van der Waals surface area contributed by atoms with Crippen LogP contribution in [0.1, 0.15) is 33.6 Å². The molecule has 2 N–H and O–H groups in total. The lowest BCUT2D eigenvalue weighted by Gasteiger charge is -2.18. The van der Waals surface area contributed by atoms with E-state index in [0.717, 1.165) is 35.7 Å². The summed E-state index contributed by atoms with van der Waals surface area (Å²) in [5.41, 5.74) is 1.52. The number of anilines is 2. The van der Waals surface area contributed by atoms with Crippen LogP contribution in [0.2, 0.25) is 0 Å². The maximum Gasteiger partial charge on any atom is 0.246 e. The highest BCUT2D eigenvalue weighted by molar-refractivity contribution is 5.96. The smallest absolute Gasteiger partial charge is 0.246 e. The Kier molecular flexibility index (Phi) is 8.46. The van der Waals surface area contributed by atoms with Gasteiger partial charge in [-0.1, -0.05) is 13.8 Å². The third kappa shape index (κ3) is 6.37. The molecule has 0 radical (unpaired) electrons. The number of hydrogen-bond acceptors (Lipinski definition) is 5. The molecule has 0 aliphatic carbocycles. The molecule has 1 atom stereocenters. The summed E-state index contributed by atoms with van der Waals surface area (Å²) < 4.78 is 16.7. The van der Waals surface area contributed by atoms with Crippen molar-refractivity contribution in [1.82, 2.24) is 0 Å². The molecule has 0 aliphatic rings. The molecule has 0 heterocycles. The van der Waals surface area contributed by atoms with Crippen molar-refractivity contribution >= 4 is 17.3 Å². The van der Waals surface area contributed by atoms with Crippen molar-refractivity contribution in [2.24, 2.45) is 0 Å². The summed E-state index contributed by atoms with van der Waals surface area (Å²) in [4.78, 5) is 12.5. The van der Waals surface area contributed by atoms with E-state index in [4.69, 9.17) is 14.2 Å². The minimum atomic E-state index is -0.427. The third-order valence-electron chi connectivity index (χ3n) is 4.00. The number of amides is 1. The lowest BCUT2D eigenvalue weighted by molar-refractivity contribution is -0.116. The van der Waals surface area contributed by atoms with Crippen LogP contribution in [0.25, 0.3) is 0 Å². The first-order valence-corrected chi connectivity index (χ1v) is 9.68. The molecule has 1 amide bonds. The molecule has 2 aromatic carbocycles. The fourth-order valence-corrected chi connectivity index (χ4v) is 2.49. The summed E-state index contributed by atoms with van der Waals surface area (Å²) in [6.07, 6.45) is 1.83. The van der Waals surface area contributed by atoms with Crippen LogP contribution in [0.5, 0.6) is 17.2 Å². The zero-order valence-corrected chi connectivity index (χ0v) is 17.1. The Hall–Kier alpha value is -2.89. The molecule has 1 unspecified atom stereocenters. The highest BCUT2D eigenvalue weighted by Gasteiger charge is 2.14. The standard InChI is InChI=1S/C22H30N2O4/c1-5-13-27-20-12-9-18(15-21(20)28-14-6-2)23-16(3)22(25)24-17-7-10-19(26-4)11-8-17/h7-12,15-16,23H,5-6,13-14H2,1-4H3,(H,24,25). The van der Waals surface area contributed by atoms with Crippen molar-refractivity contribution < 1.29 is 19.0 Å². The highest BCUT2D eigenvalue weighted by atomic mass is 16.5. The van der Waals surface area contributed by atoms with Crippen molar-refractivity contribution in [3.8, 4) is 17.2 Å². The summed E-state index contributed by atoms with van der Waals surface area (Å²) >= 11 is 0. The first-order chi connectivity index (χ1) is 13.6. The fourth-order valence-electron chi connectivity index (χ4n) is 2.49. The first kappa shape index (κ1) is 21.4. The van der Waals surface area contributed by atoms with Gasteiger partial charge >= 0.3 is 0 Å². The van der Waals surface area contributed by atoms with Crippen LogP contribution in [0.4, 0.5) is 11.4 Å². The minimum Gasteiger partial charge on any atom is -0.497 e. The molecule has 0 saturated heterocycles. The Morgan fingerprint density at radius 1 is 0.929 bits per heavy atom. The second kappa shape index (κ2) is 11.1. The Balaban J connectivity index is 2.02. The van der Waals surface area contributed by atoms with Gasteiger partial charge in [-0.2, -0.15) is 0 Å². The zero-order valence-electron chi connectivity index (χ0n) is 17.1. The van der Waals surface area contributed by atoms with Crippen molar-refractivity contribution in [1.29, 1.82) is 0 Å². The van der Waals surface area contributed by atoms with Gasteiger partial charge in [0.25, 0.3) is 0 Å². The fraction of sp³-hybridized carbons (Fsp3) is 0.409. The van der Waals surface area contributed by atoms with E-state index in [9.17, 15) is 4.79 Å². The topological polar surface area (TPSA) is 68.8 Å². The van der Waals surface area contributed by atoms with Crippen LogP contribution in [0.15, 0.2) is 42.5 Å². The zero-order chi connectivity index (χ0) is 20.4. The van der Waals surface area contributed by atoms with Crippen LogP contribution in [0, 0.1) is 0 Å². The average molecular weight is 386 g/mol. The van der Waals surface area contributed by atoms with E-state index >= 15 is 0 Å². The van der Waals surface area contributed by atoms with Gasteiger partial charge < -0.3 is 24.8 Å². The van der Waals surface area contributed by atoms with Crippen molar-refractivity contribution in [2.45, 2.75) is 39.7 Å². The summed E-state index contributed by atoms with van der Waals surface area (Å²) in [6, 6.07) is 12.4. The Morgan fingerprint density at radius 3 is 2.14 bits per heavy atom. The largest absolute Gasteiger partial charge is 0.497 e. The average Bonchev–Trinajstić information content (AvgIpc) is 2.72. The molecule has 0 saturated carbocycles. The number of carbonyl (C=O) groups is 1. The number of methoxy groups -OCH3 is 1. The summed E-state index contributed by atoms with van der Waals surface area (Å²) in [5, 5.41) is 6.10. The van der Waals surface area contributed by atoms with E-state index in [2.05, 4.69) is 24.5 Å². The van der Waals surface area contributed by atoms with Gasteiger partial charge in [-0.25, -0.2) is 0 Å². The predicted molar refractivity (Wildman–Crippen MR) is 113 cm³/mol. The van der Waals surface area contributed by atoms with Crippen LogP contribution in [0.3, 0.4) is 0 Å². The lowest BCUT2D eigenvalue weighted by atomic mass is 10.2. The molecule has 0 aliphatic heterocycles. The molecule has 28 heavy (non-hydrogen) atoms. The molecule has 152 valence electrons. The van der Waals surface area contributed by atoms with E-state index in [0.29, 0.717) is 19.0 Å². The van der Waals surface area contributed by atoms with Gasteiger partial charge in [-0.15, -0.1) is 0 Å². The van der Waals surface area contributed by atoms with Crippen molar-refractivity contribution in [2.75, 3.05) is 31.0 Å². The molecule has 0 aromatic heterocycles. The molecule has 0 spiro atoms. The maximum absolute atomic E-state index is 12.5. The van der Waals surface area contributed by atoms with Crippen LogP contribution >= 0.6 is 0 Å². The molecule has 0 fully saturated rings. The first-order valence-electron chi connectivity index (χ1n) is 9.68. The second-order valence-corrected chi connectivity index (χ2v) is 6.44. The van der Waals surface area contributed by atoms with Crippen LogP contribution < -0.4 is 24.8 Å². The number of rotatable bonds is 11. The van der Waals surface area contributed by atoms with Gasteiger partial charge in [-0.05, 0) is 56.2 Å². The summed E-state index contributed by atoms with van der Waals surface area (Å²) in [7, 11) is 1.61. The molecule has 6 heteroatoms. The Bertz CT molecular complexity index is 747. The number of ether oxygens (including phenoxy) is 3. The lowest BCUT2D eigenvalue weighted by Crippen LogP contribution is -2.31. The van der Waals surface area contributed by atoms with E-state index in [1.54, 1.807) is 31.4 Å². The van der Waals surface area contributed by atoms with Crippen LogP contribution in [-0.2, 0) is 4.79 Å². The monoisotopic (exact) mass is 386 g/mol. The van der Waals surface area contributed by atoms with E-state index in [1.807, 2.05) is 25.1 Å². The van der Waals surface area contributed by atoms with Gasteiger partial charge in [0.2, 0.25) is 5.91 Å². The van der Waals surface area contributed by atoms with Gasteiger partial charge in [0.15, 0.2) is 11.5 Å². The third-order valence-corrected chi connectivity index (χ3v) is 4.00. The number of benzene rings is 2. The van der Waals surface area contributed by atoms with E-state index in [1.165, 1.54) is 0 Å². The molecule has 6 nitrogen and oxygen atoms in total. The van der Waals surface area contributed by atoms with Gasteiger partial charge in [-0.3, -0.25) is 4.79 Å².